The lowest BCUT2D eigenvalue weighted by Crippen LogP contribution is -2.40. The van der Waals surface area contributed by atoms with Crippen molar-refractivity contribution >= 4 is 5.82 Å². The zero-order valence-electron chi connectivity index (χ0n) is 13.1. The van der Waals surface area contributed by atoms with Gasteiger partial charge in [0.05, 0.1) is 5.60 Å². The second-order valence-corrected chi connectivity index (χ2v) is 6.78. The Balaban J connectivity index is 1.85. The van der Waals surface area contributed by atoms with Crippen LogP contribution in [0.25, 0.3) is 0 Å². The molecule has 1 aromatic heterocycles. The Bertz CT molecular complexity index is 509. The quantitative estimate of drug-likeness (QED) is 0.891. The molecule has 3 N–H and O–H groups in total. The summed E-state index contributed by atoms with van der Waals surface area (Å²) in [6.45, 7) is 1.17. The van der Waals surface area contributed by atoms with Gasteiger partial charge in [-0.1, -0.05) is 12.8 Å². The van der Waals surface area contributed by atoms with Crippen LogP contribution >= 0.6 is 0 Å². The summed E-state index contributed by atoms with van der Waals surface area (Å²) in [5.74, 6) is 0.971. The number of aliphatic hydroxyl groups is 1. The summed E-state index contributed by atoms with van der Waals surface area (Å²) < 4.78 is 0. The molecular weight excluding hydrogens is 262 g/mol. The molecule has 0 spiro atoms. The summed E-state index contributed by atoms with van der Waals surface area (Å²) in [4.78, 5) is 7.01. The van der Waals surface area contributed by atoms with E-state index in [1.54, 1.807) is 0 Å². The van der Waals surface area contributed by atoms with Crippen LogP contribution in [-0.2, 0) is 19.4 Å². The van der Waals surface area contributed by atoms with Crippen molar-refractivity contribution in [2.24, 2.45) is 5.73 Å². The number of rotatable bonds is 4. The number of likely N-dealkylation sites (N-methyl/N-ethyl adjacent to an activating group) is 1. The molecule has 0 aromatic carbocycles. The number of hydrogen-bond donors (Lipinski definition) is 2. The van der Waals surface area contributed by atoms with Crippen molar-refractivity contribution in [3.63, 3.8) is 0 Å². The second-order valence-electron chi connectivity index (χ2n) is 6.78. The van der Waals surface area contributed by atoms with Crippen LogP contribution < -0.4 is 10.6 Å². The largest absolute Gasteiger partial charge is 0.388 e. The van der Waals surface area contributed by atoms with Gasteiger partial charge in [-0.3, -0.25) is 0 Å². The van der Waals surface area contributed by atoms with Crippen LogP contribution in [-0.4, -0.2) is 29.3 Å². The van der Waals surface area contributed by atoms with E-state index in [-0.39, 0.29) is 0 Å². The molecule has 4 nitrogen and oxygen atoms in total. The Labute approximate surface area is 127 Å². The number of nitrogens with zero attached hydrogens (tertiary/aromatic N) is 2. The van der Waals surface area contributed by atoms with Crippen molar-refractivity contribution in [1.29, 1.82) is 0 Å². The van der Waals surface area contributed by atoms with E-state index in [2.05, 4.69) is 11.0 Å². The van der Waals surface area contributed by atoms with Crippen LogP contribution in [0, 0.1) is 0 Å². The van der Waals surface area contributed by atoms with Crippen molar-refractivity contribution in [1.82, 2.24) is 4.98 Å². The van der Waals surface area contributed by atoms with Crippen molar-refractivity contribution in [3.05, 3.63) is 22.9 Å². The van der Waals surface area contributed by atoms with Crippen LogP contribution in [0.2, 0.25) is 0 Å². The lowest BCUT2D eigenvalue weighted by molar-refractivity contribution is 0.0557. The highest BCUT2D eigenvalue weighted by Crippen LogP contribution is 2.32. The highest BCUT2D eigenvalue weighted by molar-refractivity contribution is 5.50. The third kappa shape index (κ3) is 3.06. The minimum Gasteiger partial charge on any atom is -0.388 e. The second kappa shape index (κ2) is 5.93. The van der Waals surface area contributed by atoms with Crippen LogP contribution in [0.5, 0.6) is 0 Å². The standard InChI is InChI=1S/C17H27N3O/c1-20(12-17(21)8-4-5-9-17)16-14(11-18)10-13-6-2-3-7-15(13)19-16/h10,21H,2-9,11-12,18H2,1H3. The number of anilines is 1. The molecule has 21 heavy (non-hydrogen) atoms. The first-order chi connectivity index (χ1) is 10.1. The van der Waals surface area contributed by atoms with Gasteiger partial charge in [-0.05, 0) is 50.2 Å². The number of aromatic nitrogens is 1. The predicted molar refractivity (Wildman–Crippen MR) is 85.5 cm³/mol. The molecule has 4 heteroatoms. The van der Waals surface area contributed by atoms with Gasteiger partial charge >= 0.3 is 0 Å². The molecule has 0 aliphatic heterocycles. The fraction of sp³-hybridized carbons (Fsp3) is 0.706. The molecule has 1 fully saturated rings. The van der Waals surface area contributed by atoms with E-state index in [0.29, 0.717) is 13.1 Å². The summed E-state index contributed by atoms with van der Waals surface area (Å²) >= 11 is 0. The molecule has 1 heterocycles. The number of fused-ring (bicyclic) bond motifs is 1. The Kier molecular flexibility index (Phi) is 4.18. The molecular formula is C17H27N3O. The Morgan fingerprint density at radius 1 is 1.24 bits per heavy atom. The van der Waals surface area contributed by atoms with Crippen molar-refractivity contribution in [2.45, 2.75) is 63.5 Å². The van der Waals surface area contributed by atoms with E-state index < -0.39 is 5.60 Å². The van der Waals surface area contributed by atoms with Gasteiger partial charge in [-0.15, -0.1) is 0 Å². The highest BCUT2D eigenvalue weighted by atomic mass is 16.3. The normalized spacial score (nSPS) is 20.3. The highest BCUT2D eigenvalue weighted by Gasteiger charge is 2.33. The van der Waals surface area contributed by atoms with Crippen molar-refractivity contribution in [2.75, 3.05) is 18.5 Å². The Hall–Kier alpha value is -1.13. The molecule has 0 amide bonds. The minimum atomic E-state index is -0.543. The van der Waals surface area contributed by atoms with Crippen LogP contribution in [0.15, 0.2) is 6.07 Å². The van der Waals surface area contributed by atoms with Gasteiger partial charge < -0.3 is 15.7 Å². The van der Waals surface area contributed by atoms with E-state index in [9.17, 15) is 5.11 Å². The first-order valence-corrected chi connectivity index (χ1v) is 8.26. The zero-order chi connectivity index (χ0) is 14.9. The maximum absolute atomic E-state index is 10.6. The van der Waals surface area contributed by atoms with E-state index >= 15 is 0 Å². The summed E-state index contributed by atoms with van der Waals surface area (Å²) in [5.41, 5.74) is 9.11. The predicted octanol–water partition coefficient (Wildman–Crippen LogP) is 2.16. The third-order valence-electron chi connectivity index (χ3n) is 5.00. The summed E-state index contributed by atoms with van der Waals surface area (Å²) in [6, 6.07) is 2.24. The van der Waals surface area contributed by atoms with E-state index in [1.807, 2.05) is 7.05 Å². The average Bonchev–Trinajstić information content (AvgIpc) is 2.92. The SMILES string of the molecule is CN(CC1(O)CCCC1)c1nc2c(cc1CN)CCCC2. The lowest BCUT2D eigenvalue weighted by atomic mass is 9.94. The van der Waals surface area contributed by atoms with Crippen LogP contribution in [0.3, 0.4) is 0 Å². The van der Waals surface area contributed by atoms with E-state index in [1.165, 1.54) is 24.1 Å². The molecule has 0 radical (unpaired) electrons. The maximum Gasteiger partial charge on any atom is 0.133 e. The topological polar surface area (TPSA) is 62.4 Å². The monoisotopic (exact) mass is 289 g/mol. The fourth-order valence-electron chi connectivity index (χ4n) is 3.86. The average molecular weight is 289 g/mol. The van der Waals surface area contributed by atoms with Crippen LogP contribution in [0.1, 0.15) is 55.3 Å². The molecule has 0 saturated heterocycles. The molecule has 2 aliphatic rings. The molecule has 0 atom stereocenters. The molecule has 0 unspecified atom stereocenters. The number of hydrogen-bond acceptors (Lipinski definition) is 4. The van der Waals surface area contributed by atoms with Crippen molar-refractivity contribution in [3.8, 4) is 0 Å². The molecule has 116 valence electrons. The van der Waals surface area contributed by atoms with Gasteiger partial charge in [0.1, 0.15) is 5.82 Å². The molecule has 1 aromatic rings. The first kappa shape index (κ1) is 14.8. The minimum absolute atomic E-state index is 0.512. The van der Waals surface area contributed by atoms with Gasteiger partial charge in [-0.25, -0.2) is 4.98 Å². The number of aryl methyl sites for hydroxylation is 2. The number of pyridine rings is 1. The molecule has 3 rings (SSSR count). The summed E-state index contributed by atoms with van der Waals surface area (Å²) in [7, 11) is 2.03. The molecule has 0 bridgehead atoms. The zero-order valence-corrected chi connectivity index (χ0v) is 13.1. The third-order valence-corrected chi connectivity index (χ3v) is 5.00. The number of nitrogens with two attached hydrogens (primary N) is 1. The molecule has 2 aliphatic carbocycles. The van der Waals surface area contributed by atoms with Crippen LogP contribution in [0.4, 0.5) is 5.82 Å². The fourth-order valence-corrected chi connectivity index (χ4v) is 3.86. The summed E-state index contributed by atoms with van der Waals surface area (Å²) in [6.07, 6.45) is 8.76. The maximum atomic E-state index is 10.6. The lowest BCUT2D eigenvalue weighted by Gasteiger charge is -2.31. The van der Waals surface area contributed by atoms with E-state index in [0.717, 1.165) is 49.9 Å². The smallest absolute Gasteiger partial charge is 0.133 e. The van der Waals surface area contributed by atoms with Gasteiger partial charge in [-0.2, -0.15) is 0 Å². The Morgan fingerprint density at radius 3 is 2.67 bits per heavy atom. The van der Waals surface area contributed by atoms with Crippen molar-refractivity contribution < 1.29 is 5.11 Å². The van der Waals surface area contributed by atoms with Gasteiger partial charge in [0.15, 0.2) is 0 Å². The Morgan fingerprint density at radius 2 is 1.95 bits per heavy atom. The first-order valence-electron chi connectivity index (χ1n) is 8.26. The summed E-state index contributed by atoms with van der Waals surface area (Å²) in [5, 5.41) is 10.6. The van der Waals surface area contributed by atoms with E-state index in [4.69, 9.17) is 10.7 Å². The van der Waals surface area contributed by atoms with Gasteiger partial charge in [0.25, 0.3) is 0 Å². The van der Waals surface area contributed by atoms with Gasteiger partial charge in [0.2, 0.25) is 0 Å². The molecule has 1 saturated carbocycles. The van der Waals surface area contributed by atoms with Gasteiger partial charge in [0, 0.05) is 31.4 Å².